The average Bonchev–Trinajstić information content (AvgIpc) is 2.66. The van der Waals surface area contributed by atoms with E-state index in [0.29, 0.717) is 28.7 Å². The van der Waals surface area contributed by atoms with Gasteiger partial charge in [-0.15, -0.1) is 0 Å². The molecule has 0 aliphatic rings. The van der Waals surface area contributed by atoms with Gasteiger partial charge in [0.15, 0.2) is 11.5 Å². The molecule has 0 aromatic heterocycles. The molecule has 0 atom stereocenters. The van der Waals surface area contributed by atoms with E-state index in [1.54, 1.807) is 19.2 Å². The molecule has 0 bridgehead atoms. The van der Waals surface area contributed by atoms with Gasteiger partial charge in [0.2, 0.25) is 0 Å². The zero-order valence-corrected chi connectivity index (χ0v) is 16.5. The third-order valence-electron chi connectivity index (χ3n) is 3.61. The minimum absolute atomic E-state index is 0.119. The van der Waals surface area contributed by atoms with Gasteiger partial charge in [-0.05, 0) is 43.2 Å². The Morgan fingerprint density at radius 1 is 1.26 bits per heavy atom. The topological polar surface area (TPSA) is 72.0 Å². The highest BCUT2D eigenvalue weighted by Crippen LogP contribution is 2.36. The maximum absolute atomic E-state index is 11.9. The summed E-state index contributed by atoms with van der Waals surface area (Å²) in [6.45, 7) is 4.69. The Hall–Kier alpha value is -2.73. The zero-order valence-electron chi connectivity index (χ0n) is 15.7. The van der Waals surface area contributed by atoms with Crippen LogP contribution in [0.4, 0.5) is 5.69 Å². The number of ether oxygens (including phenoxy) is 2. The summed E-state index contributed by atoms with van der Waals surface area (Å²) in [7, 11) is 1.55. The normalized spacial score (nSPS) is 10.7. The predicted molar refractivity (Wildman–Crippen MR) is 109 cm³/mol. The van der Waals surface area contributed by atoms with Crippen LogP contribution < -0.4 is 20.2 Å². The Labute approximate surface area is 164 Å². The highest BCUT2D eigenvalue weighted by molar-refractivity contribution is 6.32. The van der Waals surface area contributed by atoms with Crippen molar-refractivity contribution >= 4 is 29.4 Å². The fourth-order valence-corrected chi connectivity index (χ4v) is 2.50. The van der Waals surface area contributed by atoms with Gasteiger partial charge in [0.05, 0.1) is 31.5 Å². The monoisotopic (exact) mass is 389 g/mol. The quantitative estimate of drug-likeness (QED) is 0.502. The van der Waals surface area contributed by atoms with E-state index in [2.05, 4.69) is 15.8 Å². The first-order valence-electron chi connectivity index (χ1n) is 8.66. The number of carbonyl (C=O) groups is 1. The molecule has 2 aromatic rings. The molecule has 6 nitrogen and oxygen atoms in total. The molecule has 2 rings (SSSR count). The van der Waals surface area contributed by atoms with Crippen LogP contribution in [0.15, 0.2) is 41.5 Å². The minimum Gasteiger partial charge on any atom is -0.493 e. The van der Waals surface area contributed by atoms with Crippen LogP contribution in [0.3, 0.4) is 0 Å². The Kier molecular flexibility index (Phi) is 7.95. The largest absolute Gasteiger partial charge is 0.493 e. The number of hydrogen-bond acceptors (Lipinski definition) is 5. The van der Waals surface area contributed by atoms with Crippen LogP contribution >= 0.6 is 11.6 Å². The van der Waals surface area contributed by atoms with Crippen molar-refractivity contribution in [2.45, 2.75) is 20.3 Å². The third-order valence-corrected chi connectivity index (χ3v) is 3.89. The van der Waals surface area contributed by atoms with Gasteiger partial charge in [0.25, 0.3) is 5.91 Å². The van der Waals surface area contributed by atoms with Crippen LogP contribution in [0.25, 0.3) is 0 Å². The lowest BCUT2D eigenvalue weighted by Crippen LogP contribution is -2.25. The van der Waals surface area contributed by atoms with E-state index >= 15 is 0 Å². The molecule has 7 heteroatoms. The van der Waals surface area contributed by atoms with Crippen LogP contribution in [-0.2, 0) is 4.79 Å². The molecule has 0 radical (unpaired) electrons. The van der Waals surface area contributed by atoms with E-state index in [1.165, 1.54) is 6.21 Å². The van der Waals surface area contributed by atoms with Crippen LogP contribution in [-0.4, -0.2) is 32.4 Å². The summed E-state index contributed by atoms with van der Waals surface area (Å²) < 4.78 is 10.9. The highest BCUT2D eigenvalue weighted by Gasteiger charge is 2.11. The number of hydrazone groups is 1. The van der Waals surface area contributed by atoms with Gasteiger partial charge in [-0.2, -0.15) is 5.10 Å². The molecule has 0 aliphatic heterocycles. The molecule has 27 heavy (non-hydrogen) atoms. The van der Waals surface area contributed by atoms with E-state index in [1.807, 2.05) is 38.1 Å². The number of benzene rings is 2. The Bertz CT molecular complexity index is 792. The lowest BCUT2D eigenvalue weighted by Gasteiger charge is -2.12. The van der Waals surface area contributed by atoms with Crippen molar-refractivity contribution < 1.29 is 14.3 Å². The number of amides is 1. The fourth-order valence-electron chi connectivity index (χ4n) is 2.23. The Balaban J connectivity index is 1.91. The summed E-state index contributed by atoms with van der Waals surface area (Å²) in [5, 5.41) is 7.42. The first kappa shape index (κ1) is 20.6. The van der Waals surface area contributed by atoms with Gasteiger partial charge in [-0.25, -0.2) is 5.43 Å². The molecule has 0 fully saturated rings. The molecule has 2 aromatic carbocycles. The summed E-state index contributed by atoms with van der Waals surface area (Å²) in [6, 6.07) is 11.2. The van der Waals surface area contributed by atoms with E-state index in [-0.39, 0.29) is 12.5 Å². The van der Waals surface area contributed by atoms with E-state index in [0.717, 1.165) is 17.7 Å². The van der Waals surface area contributed by atoms with Gasteiger partial charge >= 0.3 is 0 Å². The second-order valence-electron chi connectivity index (χ2n) is 5.90. The second-order valence-corrected chi connectivity index (χ2v) is 6.30. The van der Waals surface area contributed by atoms with Crippen LogP contribution in [0, 0.1) is 6.92 Å². The predicted octanol–water partition coefficient (Wildman–Crippen LogP) is 4.01. The summed E-state index contributed by atoms with van der Waals surface area (Å²) >= 11 is 6.26. The minimum atomic E-state index is -0.257. The number of methoxy groups -OCH3 is 1. The number of nitrogens with one attached hydrogen (secondary N) is 2. The summed E-state index contributed by atoms with van der Waals surface area (Å²) in [5.74, 6) is 0.766. The van der Waals surface area contributed by atoms with Crippen molar-refractivity contribution in [1.29, 1.82) is 0 Å². The number of nitrogens with zero attached hydrogens (tertiary/aromatic N) is 1. The first-order chi connectivity index (χ1) is 13.0. The van der Waals surface area contributed by atoms with Gasteiger partial charge in [0.1, 0.15) is 0 Å². The highest BCUT2D eigenvalue weighted by atomic mass is 35.5. The van der Waals surface area contributed by atoms with Crippen LogP contribution in [0.5, 0.6) is 11.5 Å². The SMILES string of the molecule is CCCOc1c(Cl)cc(/C=N\NC(=O)CNc2ccc(C)cc2)cc1OC. The van der Waals surface area contributed by atoms with Crippen molar-refractivity contribution in [2.75, 3.05) is 25.6 Å². The maximum atomic E-state index is 11.9. The summed E-state index contributed by atoms with van der Waals surface area (Å²) in [4.78, 5) is 11.9. The first-order valence-corrected chi connectivity index (χ1v) is 9.04. The number of rotatable bonds is 9. The molecular weight excluding hydrogens is 366 g/mol. The number of carbonyl (C=O) groups excluding carboxylic acids is 1. The molecule has 0 heterocycles. The molecule has 144 valence electrons. The van der Waals surface area contributed by atoms with E-state index in [4.69, 9.17) is 21.1 Å². The van der Waals surface area contributed by atoms with Crippen LogP contribution in [0.1, 0.15) is 24.5 Å². The van der Waals surface area contributed by atoms with Gasteiger partial charge < -0.3 is 14.8 Å². The Morgan fingerprint density at radius 2 is 2.00 bits per heavy atom. The second kappa shape index (κ2) is 10.4. The maximum Gasteiger partial charge on any atom is 0.259 e. The standard InChI is InChI=1S/C20H24ClN3O3/c1-4-9-27-20-17(21)10-15(11-18(20)26-3)12-23-24-19(25)13-22-16-7-5-14(2)6-8-16/h5-8,10-12,22H,4,9,13H2,1-3H3,(H,24,25)/b23-12-. The van der Waals surface area contributed by atoms with E-state index < -0.39 is 0 Å². The average molecular weight is 390 g/mol. The molecule has 0 unspecified atom stereocenters. The molecule has 1 amide bonds. The summed E-state index contributed by atoms with van der Waals surface area (Å²) in [6.07, 6.45) is 2.37. The van der Waals surface area contributed by atoms with Crippen LogP contribution in [0.2, 0.25) is 5.02 Å². The number of anilines is 1. The molecule has 0 aliphatic carbocycles. The van der Waals surface area contributed by atoms with Crippen molar-refractivity contribution in [3.8, 4) is 11.5 Å². The van der Waals surface area contributed by atoms with Crippen molar-refractivity contribution in [1.82, 2.24) is 5.43 Å². The number of hydrogen-bond donors (Lipinski definition) is 2. The van der Waals surface area contributed by atoms with Gasteiger partial charge in [-0.1, -0.05) is 36.2 Å². The molecular formula is C20H24ClN3O3. The van der Waals surface area contributed by atoms with Crippen molar-refractivity contribution in [3.05, 3.63) is 52.5 Å². The summed E-state index contributed by atoms with van der Waals surface area (Å²) in [5.41, 5.74) is 5.19. The van der Waals surface area contributed by atoms with E-state index in [9.17, 15) is 4.79 Å². The lowest BCUT2D eigenvalue weighted by atomic mass is 10.2. The lowest BCUT2D eigenvalue weighted by molar-refractivity contribution is -0.119. The molecule has 0 saturated carbocycles. The van der Waals surface area contributed by atoms with Crippen molar-refractivity contribution in [3.63, 3.8) is 0 Å². The number of halogens is 1. The van der Waals surface area contributed by atoms with Gasteiger partial charge in [-0.3, -0.25) is 4.79 Å². The molecule has 0 saturated heterocycles. The number of aryl methyl sites for hydroxylation is 1. The third kappa shape index (κ3) is 6.49. The van der Waals surface area contributed by atoms with Gasteiger partial charge in [0, 0.05) is 5.69 Å². The fraction of sp³-hybridized carbons (Fsp3) is 0.300. The molecule has 2 N–H and O–H groups in total. The smallest absolute Gasteiger partial charge is 0.259 e. The Morgan fingerprint density at radius 3 is 2.67 bits per heavy atom. The van der Waals surface area contributed by atoms with Crippen molar-refractivity contribution in [2.24, 2.45) is 5.10 Å². The molecule has 0 spiro atoms. The zero-order chi connectivity index (χ0) is 19.6.